The molecule has 4 nitrogen and oxygen atoms in total. The third-order valence-electron chi connectivity index (χ3n) is 3.86. The lowest BCUT2D eigenvalue weighted by Gasteiger charge is -2.27. The minimum atomic E-state index is -0.476. The zero-order chi connectivity index (χ0) is 16.6. The van der Waals surface area contributed by atoms with Crippen molar-refractivity contribution in [2.75, 3.05) is 0 Å². The summed E-state index contributed by atoms with van der Waals surface area (Å²) in [5, 5.41) is 20.9. The molecule has 2 aromatic carbocycles. The highest BCUT2D eigenvalue weighted by Crippen LogP contribution is 2.44. The normalized spacial score (nSPS) is 16.6. The molecule has 118 valence electrons. The lowest BCUT2D eigenvalue weighted by Crippen LogP contribution is -2.20. The average molecular weight is 331 g/mol. The van der Waals surface area contributed by atoms with Crippen molar-refractivity contribution in [1.29, 1.82) is 0 Å². The van der Waals surface area contributed by atoms with Gasteiger partial charge in [-0.15, -0.1) is 6.58 Å². The van der Waals surface area contributed by atoms with Crippen LogP contribution in [0, 0.1) is 0 Å². The number of benzene rings is 2. The number of ether oxygens (including phenoxy) is 1. The number of phenolic OH excluding ortho intramolecular Hbond substituents is 2. The summed E-state index contributed by atoms with van der Waals surface area (Å²) in [4.78, 5) is 12.5. The highest BCUT2D eigenvalue weighted by atomic mass is 35.5. The molecule has 0 aromatic heterocycles. The van der Waals surface area contributed by atoms with Crippen LogP contribution < -0.4 is 4.74 Å². The first kappa shape index (κ1) is 15.4. The smallest absolute Gasteiger partial charge is 0.174 e. The monoisotopic (exact) mass is 330 g/mol. The highest BCUT2D eigenvalue weighted by molar-refractivity contribution is 6.30. The molecule has 5 heteroatoms. The predicted molar refractivity (Wildman–Crippen MR) is 87.4 cm³/mol. The molecule has 2 aromatic rings. The van der Waals surface area contributed by atoms with E-state index < -0.39 is 6.10 Å². The zero-order valence-corrected chi connectivity index (χ0v) is 13.0. The van der Waals surface area contributed by atoms with E-state index in [1.54, 1.807) is 30.3 Å². The number of rotatable bonds is 3. The van der Waals surface area contributed by atoms with Gasteiger partial charge in [0.2, 0.25) is 0 Å². The van der Waals surface area contributed by atoms with Gasteiger partial charge in [0.15, 0.2) is 5.78 Å². The maximum absolute atomic E-state index is 12.5. The minimum Gasteiger partial charge on any atom is -0.507 e. The molecular formula is C18H15ClO4. The fourth-order valence-corrected chi connectivity index (χ4v) is 2.84. The Morgan fingerprint density at radius 2 is 2.00 bits per heavy atom. The second-order valence-electron chi connectivity index (χ2n) is 5.37. The number of allylic oxidation sites excluding steroid dienone is 1. The third-order valence-corrected chi connectivity index (χ3v) is 4.11. The lowest BCUT2D eigenvalue weighted by atomic mass is 9.93. The summed E-state index contributed by atoms with van der Waals surface area (Å²) in [6.07, 6.45) is 1.45. The number of fused-ring (bicyclic) bond motifs is 1. The first-order chi connectivity index (χ1) is 11.0. The summed E-state index contributed by atoms with van der Waals surface area (Å²) in [6.45, 7) is 3.58. The van der Waals surface area contributed by atoms with Crippen LogP contribution in [0.25, 0.3) is 0 Å². The van der Waals surface area contributed by atoms with E-state index in [-0.39, 0.29) is 47.0 Å². The standard InChI is InChI=1S/C18H15ClO4/c1-2-3-12-13(20)8-16-17(18(12)22)14(21)9-15(23-16)10-4-6-11(19)7-5-10/h2,4-8,15,20,22H,1,3,9H2. The van der Waals surface area contributed by atoms with Gasteiger partial charge in [0.05, 0.1) is 6.42 Å². The molecule has 0 saturated heterocycles. The summed E-state index contributed by atoms with van der Waals surface area (Å²) in [7, 11) is 0. The number of Topliss-reactive ketones (excluding diaryl/α,β-unsaturated/α-hetero) is 1. The molecule has 1 heterocycles. The fourth-order valence-electron chi connectivity index (χ4n) is 2.71. The van der Waals surface area contributed by atoms with Gasteiger partial charge in [0.25, 0.3) is 0 Å². The van der Waals surface area contributed by atoms with Gasteiger partial charge in [-0.3, -0.25) is 4.79 Å². The van der Waals surface area contributed by atoms with Crippen molar-refractivity contribution < 1.29 is 19.7 Å². The summed E-state index contributed by atoms with van der Waals surface area (Å²) < 4.78 is 5.81. The van der Waals surface area contributed by atoms with Crippen LogP contribution in [0.1, 0.15) is 34.0 Å². The van der Waals surface area contributed by atoms with Gasteiger partial charge in [0.1, 0.15) is 28.9 Å². The summed E-state index contributed by atoms with van der Waals surface area (Å²) in [5.41, 5.74) is 1.20. The van der Waals surface area contributed by atoms with E-state index in [2.05, 4.69) is 6.58 Å². The lowest BCUT2D eigenvalue weighted by molar-refractivity contribution is 0.0844. The molecule has 0 radical (unpaired) electrons. The molecule has 0 aliphatic carbocycles. The molecular weight excluding hydrogens is 316 g/mol. The topological polar surface area (TPSA) is 66.8 Å². The number of carbonyl (C=O) groups is 1. The van der Waals surface area contributed by atoms with Gasteiger partial charge in [-0.2, -0.15) is 0 Å². The van der Waals surface area contributed by atoms with E-state index in [0.717, 1.165) is 5.56 Å². The number of halogens is 1. The van der Waals surface area contributed by atoms with E-state index >= 15 is 0 Å². The van der Waals surface area contributed by atoms with Gasteiger partial charge in [-0.1, -0.05) is 29.8 Å². The van der Waals surface area contributed by atoms with E-state index in [4.69, 9.17) is 16.3 Å². The fraction of sp³-hybridized carbons (Fsp3) is 0.167. The third kappa shape index (κ3) is 2.78. The van der Waals surface area contributed by atoms with E-state index in [9.17, 15) is 15.0 Å². The van der Waals surface area contributed by atoms with Gasteiger partial charge in [0, 0.05) is 16.7 Å². The summed E-state index contributed by atoms with van der Waals surface area (Å²) in [6, 6.07) is 8.40. The van der Waals surface area contributed by atoms with E-state index in [1.165, 1.54) is 6.07 Å². The van der Waals surface area contributed by atoms with Gasteiger partial charge in [-0.05, 0) is 24.1 Å². The largest absolute Gasteiger partial charge is 0.507 e. The number of aromatic hydroxyl groups is 2. The second-order valence-corrected chi connectivity index (χ2v) is 5.81. The van der Waals surface area contributed by atoms with Crippen molar-refractivity contribution in [3.05, 3.63) is 64.7 Å². The van der Waals surface area contributed by atoms with Crippen LogP contribution in [0.5, 0.6) is 17.2 Å². The van der Waals surface area contributed by atoms with Crippen LogP contribution >= 0.6 is 11.6 Å². The van der Waals surface area contributed by atoms with E-state index in [1.807, 2.05) is 0 Å². The first-order valence-electron chi connectivity index (χ1n) is 7.15. The predicted octanol–water partition coefficient (Wildman–Crippen LogP) is 4.19. The Morgan fingerprint density at radius 3 is 2.65 bits per heavy atom. The Bertz CT molecular complexity index is 781. The average Bonchev–Trinajstić information content (AvgIpc) is 2.51. The van der Waals surface area contributed by atoms with Crippen LogP contribution in [0.2, 0.25) is 5.02 Å². The van der Waals surface area contributed by atoms with Crippen LogP contribution in [-0.4, -0.2) is 16.0 Å². The highest BCUT2D eigenvalue weighted by Gasteiger charge is 2.32. The Morgan fingerprint density at radius 1 is 1.30 bits per heavy atom. The Labute approximate surface area is 138 Å². The number of ketones is 1. The van der Waals surface area contributed by atoms with Gasteiger partial charge < -0.3 is 14.9 Å². The number of hydrogen-bond donors (Lipinski definition) is 2. The van der Waals surface area contributed by atoms with Crippen molar-refractivity contribution >= 4 is 17.4 Å². The SMILES string of the molecule is C=CCc1c(O)cc2c(c1O)C(=O)CC(c1ccc(Cl)cc1)O2. The molecule has 1 unspecified atom stereocenters. The molecule has 0 spiro atoms. The molecule has 1 aliphatic rings. The minimum absolute atomic E-state index is 0.112. The summed E-state index contributed by atoms with van der Waals surface area (Å²) in [5.74, 6) is -0.400. The Kier molecular flexibility index (Phi) is 4.01. The molecule has 0 bridgehead atoms. The molecule has 0 saturated carbocycles. The molecule has 2 N–H and O–H groups in total. The maximum Gasteiger partial charge on any atom is 0.174 e. The second kappa shape index (κ2) is 5.97. The van der Waals surface area contributed by atoms with Crippen molar-refractivity contribution in [3.8, 4) is 17.2 Å². The maximum atomic E-state index is 12.5. The molecule has 23 heavy (non-hydrogen) atoms. The first-order valence-corrected chi connectivity index (χ1v) is 7.53. The van der Waals surface area contributed by atoms with Crippen LogP contribution in [0.4, 0.5) is 0 Å². The Hall–Kier alpha value is -2.46. The van der Waals surface area contributed by atoms with Gasteiger partial charge in [-0.25, -0.2) is 0 Å². The Balaban J connectivity index is 2.02. The van der Waals surface area contributed by atoms with Crippen molar-refractivity contribution in [2.24, 2.45) is 0 Å². The number of carbonyl (C=O) groups excluding carboxylic acids is 1. The van der Waals surface area contributed by atoms with Crippen LogP contribution in [0.3, 0.4) is 0 Å². The molecule has 1 atom stereocenters. The van der Waals surface area contributed by atoms with E-state index in [0.29, 0.717) is 5.02 Å². The van der Waals surface area contributed by atoms with Crippen molar-refractivity contribution in [1.82, 2.24) is 0 Å². The van der Waals surface area contributed by atoms with Crippen LogP contribution in [0.15, 0.2) is 43.0 Å². The van der Waals surface area contributed by atoms with Crippen LogP contribution in [-0.2, 0) is 6.42 Å². The molecule has 0 fully saturated rings. The van der Waals surface area contributed by atoms with Gasteiger partial charge >= 0.3 is 0 Å². The van der Waals surface area contributed by atoms with Crippen molar-refractivity contribution in [2.45, 2.75) is 18.9 Å². The summed E-state index contributed by atoms with van der Waals surface area (Å²) >= 11 is 5.87. The van der Waals surface area contributed by atoms with Crippen molar-refractivity contribution in [3.63, 3.8) is 0 Å². The molecule has 1 aliphatic heterocycles. The zero-order valence-electron chi connectivity index (χ0n) is 12.3. The number of phenols is 2. The quantitative estimate of drug-likeness (QED) is 0.828. The molecule has 3 rings (SSSR count). The molecule has 0 amide bonds. The number of hydrogen-bond acceptors (Lipinski definition) is 4.